The van der Waals surface area contributed by atoms with Crippen molar-refractivity contribution in [1.82, 2.24) is 4.98 Å². The van der Waals surface area contributed by atoms with Crippen LogP contribution in [-0.4, -0.2) is 4.98 Å². The maximum atomic E-state index is 13.4. The molecule has 0 amide bonds. The molecule has 0 saturated heterocycles. The monoisotopic (exact) mass is 275 g/mol. The summed E-state index contributed by atoms with van der Waals surface area (Å²) in [6.07, 6.45) is -3.31. The van der Waals surface area contributed by atoms with Crippen molar-refractivity contribution < 1.29 is 17.6 Å². The molecular weight excluding hydrogens is 270 g/mol. The highest BCUT2D eigenvalue weighted by Crippen LogP contribution is 2.33. The van der Waals surface area contributed by atoms with Crippen molar-refractivity contribution in [1.29, 1.82) is 0 Å². The van der Waals surface area contributed by atoms with Gasteiger partial charge in [0.2, 0.25) is 0 Å². The lowest BCUT2D eigenvalue weighted by molar-refractivity contribution is -0.139. The minimum Gasteiger partial charge on any atom is -0.256 e. The van der Waals surface area contributed by atoms with Crippen LogP contribution in [0.5, 0.6) is 0 Å². The van der Waals surface area contributed by atoms with Gasteiger partial charge in [-0.1, -0.05) is 17.7 Å². The molecule has 0 aliphatic heterocycles. The molecule has 6 heteroatoms. The van der Waals surface area contributed by atoms with Crippen LogP contribution < -0.4 is 0 Å². The van der Waals surface area contributed by atoms with Gasteiger partial charge in [-0.25, -0.2) is 4.39 Å². The van der Waals surface area contributed by atoms with Crippen LogP contribution in [0, 0.1) is 5.82 Å². The standard InChI is InChI=1S/C12H6ClF4N/c13-8-3-4-18-11(6-8)7-1-2-9(10(14)5-7)12(15,16)17/h1-6H. The highest BCUT2D eigenvalue weighted by Gasteiger charge is 2.33. The smallest absolute Gasteiger partial charge is 0.256 e. The van der Waals surface area contributed by atoms with E-state index in [2.05, 4.69) is 4.98 Å². The van der Waals surface area contributed by atoms with Gasteiger partial charge in [-0.2, -0.15) is 13.2 Å². The number of aromatic nitrogens is 1. The van der Waals surface area contributed by atoms with Crippen LogP contribution in [-0.2, 0) is 6.18 Å². The van der Waals surface area contributed by atoms with Gasteiger partial charge in [-0.3, -0.25) is 4.98 Å². The quantitative estimate of drug-likeness (QED) is 0.695. The van der Waals surface area contributed by atoms with Crippen molar-refractivity contribution in [3.8, 4) is 11.3 Å². The van der Waals surface area contributed by atoms with Crippen LogP contribution in [0.15, 0.2) is 36.5 Å². The first-order valence-corrected chi connectivity index (χ1v) is 5.24. The minimum absolute atomic E-state index is 0.239. The van der Waals surface area contributed by atoms with Gasteiger partial charge >= 0.3 is 6.18 Å². The van der Waals surface area contributed by atoms with E-state index >= 15 is 0 Å². The van der Waals surface area contributed by atoms with E-state index in [0.717, 1.165) is 12.1 Å². The van der Waals surface area contributed by atoms with Gasteiger partial charge in [0.1, 0.15) is 5.82 Å². The van der Waals surface area contributed by atoms with Crippen LogP contribution in [0.25, 0.3) is 11.3 Å². The predicted octanol–water partition coefficient (Wildman–Crippen LogP) is 4.56. The molecular formula is C12H6ClF4N. The fourth-order valence-corrected chi connectivity index (χ4v) is 1.63. The Hall–Kier alpha value is -1.62. The second-order valence-corrected chi connectivity index (χ2v) is 3.99. The van der Waals surface area contributed by atoms with E-state index in [0.29, 0.717) is 16.8 Å². The molecule has 0 N–H and O–H groups in total. The number of hydrogen-bond acceptors (Lipinski definition) is 1. The third-order valence-electron chi connectivity index (χ3n) is 2.29. The summed E-state index contributed by atoms with van der Waals surface area (Å²) in [5, 5.41) is 0.375. The van der Waals surface area contributed by atoms with Crippen molar-refractivity contribution in [3.63, 3.8) is 0 Å². The second-order valence-electron chi connectivity index (χ2n) is 3.55. The molecule has 94 valence electrons. The van der Waals surface area contributed by atoms with Gasteiger partial charge in [0.15, 0.2) is 0 Å². The molecule has 1 aromatic carbocycles. The van der Waals surface area contributed by atoms with E-state index in [-0.39, 0.29) is 5.56 Å². The van der Waals surface area contributed by atoms with E-state index < -0.39 is 17.6 Å². The van der Waals surface area contributed by atoms with Gasteiger partial charge in [-0.15, -0.1) is 0 Å². The summed E-state index contributed by atoms with van der Waals surface area (Å²) in [6.45, 7) is 0. The molecule has 1 heterocycles. The van der Waals surface area contributed by atoms with Crippen LogP contribution in [0.4, 0.5) is 17.6 Å². The molecule has 0 saturated carbocycles. The summed E-state index contributed by atoms with van der Waals surface area (Å²) in [7, 11) is 0. The number of benzene rings is 1. The number of rotatable bonds is 1. The second kappa shape index (κ2) is 4.57. The van der Waals surface area contributed by atoms with Crippen LogP contribution in [0.2, 0.25) is 5.02 Å². The Kier molecular flexibility index (Phi) is 3.26. The van der Waals surface area contributed by atoms with E-state index in [1.54, 1.807) is 0 Å². The lowest BCUT2D eigenvalue weighted by atomic mass is 10.1. The summed E-state index contributed by atoms with van der Waals surface area (Å²) in [4.78, 5) is 3.91. The number of nitrogens with zero attached hydrogens (tertiary/aromatic N) is 1. The molecule has 0 bridgehead atoms. The fraction of sp³-hybridized carbons (Fsp3) is 0.0833. The zero-order chi connectivity index (χ0) is 13.3. The fourth-order valence-electron chi connectivity index (χ4n) is 1.47. The third kappa shape index (κ3) is 2.61. The Balaban J connectivity index is 2.47. The van der Waals surface area contributed by atoms with Crippen LogP contribution >= 0.6 is 11.6 Å². The normalized spacial score (nSPS) is 11.6. The van der Waals surface area contributed by atoms with Gasteiger partial charge < -0.3 is 0 Å². The highest BCUT2D eigenvalue weighted by atomic mass is 35.5. The summed E-state index contributed by atoms with van der Waals surface area (Å²) >= 11 is 5.72. The Morgan fingerprint density at radius 1 is 1.06 bits per heavy atom. The molecule has 0 unspecified atom stereocenters. The van der Waals surface area contributed by atoms with Crippen molar-refractivity contribution >= 4 is 11.6 Å². The molecule has 1 aromatic heterocycles. The number of hydrogen-bond donors (Lipinski definition) is 0. The maximum absolute atomic E-state index is 13.4. The van der Waals surface area contributed by atoms with Gasteiger partial charge in [0, 0.05) is 16.8 Å². The number of alkyl halides is 3. The Bertz CT molecular complexity index is 581. The third-order valence-corrected chi connectivity index (χ3v) is 2.53. The Morgan fingerprint density at radius 3 is 2.33 bits per heavy atom. The maximum Gasteiger partial charge on any atom is 0.419 e. The Labute approximate surface area is 105 Å². The average molecular weight is 276 g/mol. The van der Waals surface area contributed by atoms with E-state index in [1.807, 2.05) is 0 Å². The zero-order valence-electron chi connectivity index (χ0n) is 8.80. The van der Waals surface area contributed by atoms with E-state index in [4.69, 9.17) is 11.6 Å². The minimum atomic E-state index is -4.70. The topological polar surface area (TPSA) is 12.9 Å². The highest BCUT2D eigenvalue weighted by molar-refractivity contribution is 6.30. The average Bonchev–Trinajstić information content (AvgIpc) is 2.27. The van der Waals surface area contributed by atoms with E-state index in [1.165, 1.54) is 18.3 Å². The first kappa shape index (κ1) is 12.8. The summed E-state index contributed by atoms with van der Waals surface area (Å²) in [6, 6.07) is 5.61. The van der Waals surface area contributed by atoms with E-state index in [9.17, 15) is 17.6 Å². The first-order valence-electron chi connectivity index (χ1n) is 4.86. The summed E-state index contributed by atoms with van der Waals surface area (Å²) < 4.78 is 50.5. The first-order chi connectivity index (χ1) is 8.38. The molecule has 0 atom stereocenters. The SMILES string of the molecule is Fc1cc(-c2cc(Cl)ccn2)ccc1C(F)(F)F. The largest absolute Gasteiger partial charge is 0.419 e. The van der Waals surface area contributed by atoms with Gasteiger partial charge in [0.05, 0.1) is 11.3 Å². The lowest BCUT2D eigenvalue weighted by Gasteiger charge is -2.09. The Morgan fingerprint density at radius 2 is 1.78 bits per heavy atom. The summed E-state index contributed by atoms with van der Waals surface area (Å²) in [5.41, 5.74) is -0.744. The molecule has 2 rings (SSSR count). The van der Waals surface area contributed by atoms with Gasteiger partial charge in [0.25, 0.3) is 0 Å². The van der Waals surface area contributed by atoms with Crippen LogP contribution in [0.1, 0.15) is 5.56 Å². The lowest BCUT2D eigenvalue weighted by Crippen LogP contribution is -2.07. The molecule has 0 aliphatic carbocycles. The molecule has 1 nitrogen and oxygen atoms in total. The van der Waals surface area contributed by atoms with Crippen LogP contribution in [0.3, 0.4) is 0 Å². The predicted molar refractivity (Wildman–Crippen MR) is 59.6 cm³/mol. The molecule has 0 aliphatic rings. The number of halogens is 5. The van der Waals surface area contributed by atoms with Crippen molar-refractivity contribution in [2.75, 3.05) is 0 Å². The summed E-state index contributed by atoms with van der Waals surface area (Å²) in [5.74, 6) is -1.33. The molecule has 0 spiro atoms. The van der Waals surface area contributed by atoms with Crippen molar-refractivity contribution in [2.45, 2.75) is 6.18 Å². The number of pyridine rings is 1. The molecule has 2 aromatic rings. The molecule has 0 fully saturated rings. The molecule has 0 radical (unpaired) electrons. The van der Waals surface area contributed by atoms with Crippen molar-refractivity contribution in [2.24, 2.45) is 0 Å². The van der Waals surface area contributed by atoms with Crippen molar-refractivity contribution in [3.05, 3.63) is 52.9 Å². The zero-order valence-corrected chi connectivity index (χ0v) is 9.56. The molecule has 18 heavy (non-hydrogen) atoms. The van der Waals surface area contributed by atoms with Gasteiger partial charge in [-0.05, 0) is 24.3 Å².